The molecule has 3 unspecified atom stereocenters. The van der Waals surface area contributed by atoms with Gasteiger partial charge >= 0.3 is 0 Å². The van der Waals surface area contributed by atoms with E-state index in [4.69, 9.17) is 0 Å². The van der Waals surface area contributed by atoms with Crippen molar-refractivity contribution in [1.82, 2.24) is 9.78 Å². The normalized spacial score (nSPS) is 27.8. The van der Waals surface area contributed by atoms with Crippen LogP contribution in [-0.2, 0) is 6.54 Å². The lowest BCUT2D eigenvalue weighted by atomic mass is 9.89. The lowest BCUT2D eigenvalue weighted by molar-refractivity contribution is 0.343. The van der Waals surface area contributed by atoms with Crippen LogP contribution in [0.4, 0.5) is 0 Å². The molecule has 3 atom stereocenters. The zero-order chi connectivity index (χ0) is 12.8. The Morgan fingerprint density at radius 2 is 2.00 bits per heavy atom. The summed E-state index contributed by atoms with van der Waals surface area (Å²) in [6.45, 7) is 5.80. The van der Waals surface area contributed by atoms with Gasteiger partial charge in [0.05, 0.1) is 0 Å². The average Bonchev–Trinajstić information content (AvgIpc) is 3.00. The fourth-order valence-corrected chi connectivity index (χ4v) is 3.67. The molecule has 0 radical (unpaired) electrons. The van der Waals surface area contributed by atoms with E-state index in [2.05, 4.69) is 29.8 Å². The van der Waals surface area contributed by atoms with E-state index >= 15 is 0 Å². The maximum absolute atomic E-state index is 4.35. The molecule has 0 amide bonds. The van der Waals surface area contributed by atoms with E-state index in [-0.39, 0.29) is 0 Å². The van der Waals surface area contributed by atoms with Crippen molar-refractivity contribution < 1.29 is 0 Å². The van der Waals surface area contributed by atoms with Gasteiger partial charge in [-0.3, -0.25) is 4.68 Å². The minimum Gasteiger partial charge on any atom is -0.272 e. The molecule has 0 bridgehead atoms. The molecule has 0 spiro atoms. The van der Waals surface area contributed by atoms with Crippen LogP contribution in [0.3, 0.4) is 0 Å². The van der Waals surface area contributed by atoms with Gasteiger partial charge in [0.2, 0.25) is 0 Å². The molecule has 1 heterocycles. The Labute approximate surface area is 112 Å². The molecule has 102 valence electrons. The van der Waals surface area contributed by atoms with E-state index in [1.807, 2.05) is 12.3 Å². The van der Waals surface area contributed by atoms with E-state index in [1.54, 1.807) is 0 Å². The minimum absolute atomic E-state index is 0.862. The molecular formula is C16H28N2. The molecule has 1 aliphatic carbocycles. The molecule has 1 fully saturated rings. The number of unbranched alkanes of at least 4 members (excludes halogenated alkanes) is 2. The summed E-state index contributed by atoms with van der Waals surface area (Å²) >= 11 is 0. The van der Waals surface area contributed by atoms with E-state index in [0.717, 1.165) is 24.3 Å². The molecule has 1 aliphatic rings. The first-order chi connectivity index (χ1) is 8.83. The van der Waals surface area contributed by atoms with Gasteiger partial charge < -0.3 is 0 Å². The summed E-state index contributed by atoms with van der Waals surface area (Å²) < 4.78 is 2.12. The molecule has 2 heteroatoms. The van der Waals surface area contributed by atoms with Crippen molar-refractivity contribution in [3.63, 3.8) is 0 Å². The Kier molecular flexibility index (Phi) is 5.27. The number of rotatable bonds is 7. The van der Waals surface area contributed by atoms with Gasteiger partial charge in [-0.25, -0.2) is 0 Å². The predicted octanol–water partition coefficient (Wildman–Crippen LogP) is 4.52. The van der Waals surface area contributed by atoms with Gasteiger partial charge in [0.15, 0.2) is 0 Å². The van der Waals surface area contributed by atoms with Gasteiger partial charge in [-0.05, 0) is 36.7 Å². The molecule has 1 saturated carbocycles. The topological polar surface area (TPSA) is 17.8 Å². The van der Waals surface area contributed by atoms with Gasteiger partial charge in [0.25, 0.3) is 0 Å². The average molecular weight is 248 g/mol. The summed E-state index contributed by atoms with van der Waals surface area (Å²) in [6, 6.07) is 2.03. The molecule has 0 N–H and O–H groups in total. The summed E-state index contributed by atoms with van der Waals surface area (Å²) in [4.78, 5) is 0. The molecule has 2 rings (SSSR count). The molecule has 2 nitrogen and oxygen atoms in total. The largest absolute Gasteiger partial charge is 0.272 e. The maximum atomic E-state index is 4.35. The van der Waals surface area contributed by atoms with Crippen molar-refractivity contribution in [2.45, 2.75) is 65.3 Å². The van der Waals surface area contributed by atoms with E-state index in [9.17, 15) is 0 Å². The second-order valence-corrected chi connectivity index (χ2v) is 5.99. The number of aromatic nitrogens is 2. The van der Waals surface area contributed by atoms with Crippen LogP contribution in [0.2, 0.25) is 0 Å². The predicted molar refractivity (Wildman–Crippen MR) is 76.4 cm³/mol. The van der Waals surface area contributed by atoms with Crippen LogP contribution in [-0.4, -0.2) is 9.78 Å². The third-order valence-electron chi connectivity index (χ3n) is 4.65. The fraction of sp³-hybridized carbons (Fsp3) is 0.812. The van der Waals surface area contributed by atoms with Gasteiger partial charge in [0, 0.05) is 18.9 Å². The molecule has 1 aromatic heterocycles. The second-order valence-electron chi connectivity index (χ2n) is 5.99. The zero-order valence-corrected chi connectivity index (χ0v) is 12.0. The standard InChI is InChI=1S/C16H28N2/c1-3-5-6-8-16-12-14(11-15(16)4-2)13-18-10-7-9-17-18/h7,9-10,14-16H,3-6,8,11-13H2,1-2H3. The van der Waals surface area contributed by atoms with Crippen LogP contribution >= 0.6 is 0 Å². The quantitative estimate of drug-likeness (QED) is 0.649. The first-order valence-corrected chi connectivity index (χ1v) is 7.80. The van der Waals surface area contributed by atoms with E-state index < -0.39 is 0 Å². The zero-order valence-electron chi connectivity index (χ0n) is 12.0. The van der Waals surface area contributed by atoms with Crippen LogP contribution in [0.15, 0.2) is 18.5 Å². The number of nitrogens with zero attached hydrogens (tertiary/aromatic N) is 2. The lowest BCUT2D eigenvalue weighted by Gasteiger charge is -2.17. The number of hydrogen-bond donors (Lipinski definition) is 0. The Morgan fingerprint density at radius 1 is 1.17 bits per heavy atom. The van der Waals surface area contributed by atoms with E-state index in [0.29, 0.717) is 0 Å². The first-order valence-electron chi connectivity index (χ1n) is 7.80. The first kappa shape index (κ1) is 13.6. The van der Waals surface area contributed by atoms with E-state index in [1.165, 1.54) is 44.9 Å². The molecule has 0 aromatic carbocycles. The van der Waals surface area contributed by atoms with Crippen molar-refractivity contribution in [3.05, 3.63) is 18.5 Å². The van der Waals surface area contributed by atoms with Gasteiger partial charge in [-0.15, -0.1) is 0 Å². The van der Waals surface area contributed by atoms with Crippen LogP contribution < -0.4 is 0 Å². The Morgan fingerprint density at radius 3 is 2.67 bits per heavy atom. The van der Waals surface area contributed by atoms with Crippen molar-refractivity contribution in [3.8, 4) is 0 Å². The lowest BCUT2D eigenvalue weighted by Crippen LogP contribution is -2.08. The second kappa shape index (κ2) is 6.96. The highest BCUT2D eigenvalue weighted by Crippen LogP contribution is 2.41. The SMILES string of the molecule is CCCCCC1CC(Cn2cccn2)CC1CC. The fourth-order valence-electron chi connectivity index (χ4n) is 3.67. The summed E-state index contributed by atoms with van der Waals surface area (Å²) in [5.41, 5.74) is 0. The third-order valence-corrected chi connectivity index (χ3v) is 4.65. The molecule has 0 saturated heterocycles. The van der Waals surface area contributed by atoms with Crippen molar-refractivity contribution in [1.29, 1.82) is 0 Å². The molecule has 18 heavy (non-hydrogen) atoms. The molecule has 0 aliphatic heterocycles. The Hall–Kier alpha value is -0.790. The van der Waals surface area contributed by atoms with Crippen LogP contribution in [0, 0.1) is 17.8 Å². The smallest absolute Gasteiger partial charge is 0.0489 e. The number of hydrogen-bond acceptors (Lipinski definition) is 1. The van der Waals surface area contributed by atoms with Crippen molar-refractivity contribution >= 4 is 0 Å². The van der Waals surface area contributed by atoms with Crippen LogP contribution in [0.5, 0.6) is 0 Å². The molecule has 1 aromatic rings. The van der Waals surface area contributed by atoms with Crippen LogP contribution in [0.25, 0.3) is 0 Å². The summed E-state index contributed by atoms with van der Waals surface area (Å²) in [7, 11) is 0. The van der Waals surface area contributed by atoms with Crippen LogP contribution in [0.1, 0.15) is 58.8 Å². The van der Waals surface area contributed by atoms with Gasteiger partial charge in [-0.1, -0.05) is 46.0 Å². The molecular weight excluding hydrogens is 220 g/mol. The maximum Gasteiger partial charge on any atom is 0.0489 e. The Bertz CT molecular complexity index is 318. The third kappa shape index (κ3) is 3.60. The summed E-state index contributed by atoms with van der Waals surface area (Å²) in [6.07, 6.45) is 13.9. The van der Waals surface area contributed by atoms with Crippen molar-refractivity contribution in [2.24, 2.45) is 17.8 Å². The van der Waals surface area contributed by atoms with Gasteiger partial charge in [-0.2, -0.15) is 5.10 Å². The minimum atomic E-state index is 0.862. The summed E-state index contributed by atoms with van der Waals surface area (Å²) in [5, 5.41) is 4.35. The monoisotopic (exact) mass is 248 g/mol. The highest BCUT2D eigenvalue weighted by Gasteiger charge is 2.32. The Balaban J connectivity index is 1.81. The highest BCUT2D eigenvalue weighted by atomic mass is 15.3. The van der Waals surface area contributed by atoms with Gasteiger partial charge in [0.1, 0.15) is 0 Å². The highest BCUT2D eigenvalue weighted by molar-refractivity contribution is 4.85. The summed E-state index contributed by atoms with van der Waals surface area (Å²) in [5.74, 6) is 2.83. The van der Waals surface area contributed by atoms with Crippen molar-refractivity contribution in [2.75, 3.05) is 0 Å².